The summed E-state index contributed by atoms with van der Waals surface area (Å²) in [5.74, 6) is 0.930. The first-order chi connectivity index (χ1) is 5.36. The molecule has 5 heteroatoms. The van der Waals surface area contributed by atoms with Crippen LogP contribution in [0.25, 0.3) is 0 Å². The fourth-order valence-corrected chi connectivity index (χ4v) is 1.12. The number of oxazole rings is 1. The lowest BCUT2D eigenvalue weighted by Gasteiger charge is -1.90. The Balaban J connectivity index is 0.00000121. The van der Waals surface area contributed by atoms with Crippen LogP contribution >= 0.6 is 24.2 Å². The highest BCUT2D eigenvalue weighted by Crippen LogP contribution is 2.14. The maximum atomic E-state index is 5.35. The summed E-state index contributed by atoms with van der Waals surface area (Å²) in [5.41, 5.74) is 5.35. The van der Waals surface area contributed by atoms with Crippen molar-refractivity contribution in [3.63, 3.8) is 0 Å². The average molecular weight is 209 g/mol. The molecule has 70 valence electrons. The van der Waals surface area contributed by atoms with E-state index < -0.39 is 0 Å². The number of hydrogen-bond donors (Lipinski definition) is 1. The molecule has 0 saturated carbocycles. The molecule has 0 spiro atoms. The van der Waals surface area contributed by atoms with Crippen LogP contribution in [0.4, 0.5) is 0 Å². The molecule has 0 fully saturated rings. The summed E-state index contributed by atoms with van der Waals surface area (Å²) in [5, 5.41) is 0.733. The van der Waals surface area contributed by atoms with Gasteiger partial charge in [-0.05, 0) is 19.2 Å². The van der Waals surface area contributed by atoms with E-state index in [4.69, 9.17) is 10.2 Å². The molecule has 0 bridgehead atoms. The Kier molecular flexibility index (Phi) is 6.24. The summed E-state index contributed by atoms with van der Waals surface area (Å²) < 4.78 is 5.33. The SMILES string of the molecule is CSc1ncc(CCCN)o1.Cl. The van der Waals surface area contributed by atoms with Crippen LogP contribution in [0.2, 0.25) is 0 Å². The van der Waals surface area contributed by atoms with Gasteiger partial charge in [0, 0.05) is 6.42 Å². The molecular formula is C7H13ClN2OS. The molecule has 0 saturated heterocycles. The second kappa shape index (κ2) is 6.34. The predicted molar refractivity (Wildman–Crippen MR) is 52.9 cm³/mol. The molecule has 12 heavy (non-hydrogen) atoms. The molecule has 0 aliphatic rings. The number of rotatable bonds is 4. The van der Waals surface area contributed by atoms with Crippen molar-refractivity contribution in [2.24, 2.45) is 5.73 Å². The van der Waals surface area contributed by atoms with Crippen molar-refractivity contribution in [3.05, 3.63) is 12.0 Å². The van der Waals surface area contributed by atoms with Crippen molar-refractivity contribution in [3.8, 4) is 0 Å². The highest BCUT2D eigenvalue weighted by atomic mass is 35.5. The Morgan fingerprint density at radius 1 is 1.67 bits per heavy atom. The standard InChI is InChI=1S/C7H12N2OS.ClH/c1-11-7-9-5-6(10-7)3-2-4-8;/h5H,2-4,8H2,1H3;1H. The van der Waals surface area contributed by atoms with Gasteiger partial charge in [0.1, 0.15) is 5.76 Å². The van der Waals surface area contributed by atoms with Crippen molar-refractivity contribution < 1.29 is 4.42 Å². The number of nitrogens with zero attached hydrogens (tertiary/aromatic N) is 1. The third-order valence-electron chi connectivity index (χ3n) is 1.33. The molecule has 0 aromatic carbocycles. The number of thioether (sulfide) groups is 1. The minimum atomic E-state index is 0. The van der Waals surface area contributed by atoms with Crippen LogP contribution in [0.1, 0.15) is 12.2 Å². The van der Waals surface area contributed by atoms with Crippen LogP contribution in [0.3, 0.4) is 0 Å². The average Bonchev–Trinajstić information content (AvgIpc) is 2.48. The Hall–Kier alpha value is -0.190. The second-order valence-electron chi connectivity index (χ2n) is 2.19. The molecule has 1 rings (SSSR count). The largest absolute Gasteiger partial charge is 0.437 e. The van der Waals surface area contributed by atoms with Gasteiger partial charge in [0.2, 0.25) is 0 Å². The van der Waals surface area contributed by atoms with E-state index in [-0.39, 0.29) is 12.4 Å². The maximum Gasteiger partial charge on any atom is 0.255 e. The summed E-state index contributed by atoms with van der Waals surface area (Å²) >= 11 is 1.51. The lowest BCUT2D eigenvalue weighted by molar-refractivity contribution is 0.414. The molecule has 0 amide bonds. The molecule has 0 aliphatic carbocycles. The zero-order valence-electron chi connectivity index (χ0n) is 6.95. The van der Waals surface area contributed by atoms with Crippen LogP contribution in [-0.4, -0.2) is 17.8 Å². The Morgan fingerprint density at radius 2 is 2.42 bits per heavy atom. The molecule has 1 aromatic rings. The van der Waals surface area contributed by atoms with Gasteiger partial charge in [-0.1, -0.05) is 11.8 Å². The van der Waals surface area contributed by atoms with Gasteiger partial charge in [0.05, 0.1) is 6.20 Å². The fourth-order valence-electron chi connectivity index (χ4n) is 0.776. The number of aryl methyl sites for hydroxylation is 1. The van der Waals surface area contributed by atoms with Crippen LogP contribution in [0.15, 0.2) is 15.8 Å². The summed E-state index contributed by atoms with van der Waals surface area (Å²) in [6, 6.07) is 0. The number of hydrogen-bond acceptors (Lipinski definition) is 4. The van der Waals surface area contributed by atoms with E-state index in [0.29, 0.717) is 6.54 Å². The van der Waals surface area contributed by atoms with Crippen molar-refractivity contribution >= 4 is 24.2 Å². The zero-order chi connectivity index (χ0) is 8.10. The second-order valence-corrected chi connectivity index (χ2v) is 2.95. The first-order valence-electron chi connectivity index (χ1n) is 3.55. The lowest BCUT2D eigenvalue weighted by Crippen LogP contribution is -1.99. The lowest BCUT2D eigenvalue weighted by atomic mass is 10.3. The molecule has 0 atom stereocenters. The molecule has 0 radical (unpaired) electrons. The van der Waals surface area contributed by atoms with Crippen molar-refractivity contribution in [1.82, 2.24) is 4.98 Å². The normalized spacial score (nSPS) is 9.50. The van der Waals surface area contributed by atoms with E-state index in [1.807, 2.05) is 6.26 Å². The van der Waals surface area contributed by atoms with Gasteiger partial charge in [-0.15, -0.1) is 12.4 Å². The van der Waals surface area contributed by atoms with E-state index in [1.165, 1.54) is 11.8 Å². The van der Waals surface area contributed by atoms with E-state index in [2.05, 4.69) is 4.98 Å². The molecule has 2 N–H and O–H groups in total. The van der Waals surface area contributed by atoms with E-state index in [9.17, 15) is 0 Å². The number of halogens is 1. The molecule has 1 heterocycles. The Morgan fingerprint density at radius 3 is 2.92 bits per heavy atom. The Bertz CT molecular complexity index is 217. The monoisotopic (exact) mass is 208 g/mol. The zero-order valence-corrected chi connectivity index (χ0v) is 8.58. The quantitative estimate of drug-likeness (QED) is 0.766. The van der Waals surface area contributed by atoms with E-state index in [0.717, 1.165) is 23.8 Å². The van der Waals surface area contributed by atoms with E-state index in [1.54, 1.807) is 6.20 Å². The third-order valence-corrected chi connectivity index (χ3v) is 1.87. The summed E-state index contributed by atoms with van der Waals surface area (Å²) in [7, 11) is 0. The smallest absolute Gasteiger partial charge is 0.255 e. The van der Waals surface area contributed by atoms with Crippen LogP contribution < -0.4 is 5.73 Å². The van der Waals surface area contributed by atoms with Gasteiger partial charge in [0.15, 0.2) is 0 Å². The van der Waals surface area contributed by atoms with E-state index >= 15 is 0 Å². The van der Waals surface area contributed by atoms with Gasteiger partial charge >= 0.3 is 0 Å². The number of nitrogens with two attached hydrogens (primary N) is 1. The summed E-state index contributed by atoms with van der Waals surface area (Å²) in [6.07, 6.45) is 5.56. The third kappa shape index (κ3) is 3.47. The molecule has 0 unspecified atom stereocenters. The molecule has 1 aromatic heterocycles. The topological polar surface area (TPSA) is 52.0 Å². The fraction of sp³-hybridized carbons (Fsp3) is 0.571. The van der Waals surface area contributed by atoms with Gasteiger partial charge in [-0.3, -0.25) is 0 Å². The minimum Gasteiger partial charge on any atom is -0.437 e. The predicted octanol–water partition coefficient (Wildman–Crippen LogP) is 1.71. The molecule has 0 aliphatic heterocycles. The first-order valence-corrected chi connectivity index (χ1v) is 4.78. The van der Waals surface area contributed by atoms with Crippen LogP contribution in [0.5, 0.6) is 0 Å². The summed E-state index contributed by atoms with van der Waals surface area (Å²) in [4.78, 5) is 4.04. The van der Waals surface area contributed by atoms with Crippen LogP contribution in [0, 0.1) is 0 Å². The highest BCUT2D eigenvalue weighted by molar-refractivity contribution is 7.98. The van der Waals surface area contributed by atoms with Crippen LogP contribution in [-0.2, 0) is 6.42 Å². The van der Waals surface area contributed by atoms with Gasteiger partial charge in [0.25, 0.3) is 5.22 Å². The number of aromatic nitrogens is 1. The highest BCUT2D eigenvalue weighted by Gasteiger charge is 2.00. The van der Waals surface area contributed by atoms with Gasteiger partial charge < -0.3 is 10.2 Å². The first kappa shape index (κ1) is 11.8. The minimum absolute atomic E-state index is 0. The van der Waals surface area contributed by atoms with Crippen molar-refractivity contribution in [1.29, 1.82) is 0 Å². The van der Waals surface area contributed by atoms with Gasteiger partial charge in [-0.2, -0.15) is 0 Å². The Labute approximate surface area is 82.5 Å². The molecular weight excluding hydrogens is 196 g/mol. The molecule has 3 nitrogen and oxygen atoms in total. The van der Waals surface area contributed by atoms with Crippen molar-refractivity contribution in [2.45, 2.75) is 18.1 Å². The summed E-state index contributed by atoms with van der Waals surface area (Å²) in [6.45, 7) is 0.704. The maximum absolute atomic E-state index is 5.35. The van der Waals surface area contributed by atoms with Crippen molar-refractivity contribution in [2.75, 3.05) is 12.8 Å². The van der Waals surface area contributed by atoms with Gasteiger partial charge in [-0.25, -0.2) is 4.98 Å².